The highest BCUT2D eigenvalue weighted by Gasteiger charge is 2.19. The van der Waals surface area contributed by atoms with Gasteiger partial charge in [0.25, 0.3) is 0 Å². The number of halogens is 1. The molecular formula is C13H16ClNO3. The first kappa shape index (κ1) is 14.5. The van der Waals surface area contributed by atoms with Gasteiger partial charge in [-0.3, -0.25) is 9.59 Å². The van der Waals surface area contributed by atoms with Crippen molar-refractivity contribution in [3.05, 3.63) is 34.9 Å². The molecule has 1 amide bonds. The van der Waals surface area contributed by atoms with Gasteiger partial charge >= 0.3 is 5.97 Å². The highest BCUT2D eigenvalue weighted by atomic mass is 35.5. The minimum Gasteiger partial charge on any atom is -0.480 e. The number of carbonyl (C=O) groups is 2. The number of hydrogen-bond acceptors (Lipinski definition) is 2. The summed E-state index contributed by atoms with van der Waals surface area (Å²) >= 11 is 5.76. The Balaban J connectivity index is 2.72. The fourth-order valence-electron chi connectivity index (χ4n) is 1.58. The van der Waals surface area contributed by atoms with Gasteiger partial charge in [0.15, 0.2) is 0 Å². The zero-order chi connectivity index (χ0) is 13.7. The van der Waals surface area contributed by atoms with Gasteiger partial charge in [-0.05, 0) is 31.5 Å². The van der Waals surface area contributed by atoms with Gasteiger partial charge in [-0.1, -0.05) is 23.7 Å². The second-order valence-electron chi connectivity index (χ2n) is 4.31. The zero-order valence-electron chi connectivity index (χ0n) is 10.4. The predicted molar refractivity (Wildman–Crippen MR) is 69.6 cm³/mol. The summed E-state index contributed by atoms with van der Waals surface area (Å²) in [4.78, 5) is 24.1. The lowest BCUT2D eigenvalue weighted by molar-refractivity contribution is -0.145. The van der Waals surface area contributed by atoms with E-state index in [4.69, 9.17) is 16.7 Å². The molecule has 0 unspecified atom stereocenters. The van der Waals surface area contributed by atoms with Crippen LogP contribution in [0.1, 0.15) is 19.4 Å². The average molecular weight is 270 g/mol. The number of benzene rings is 1. The normalized spacial score (nSPS) is 10.4. The molecule has 0 saturated heterocycles. The van der Waals surface area contributed by atoms with Gasteiger partial charge in [0.1, 0.15) is 6.54 Å². The topological polar surface area (TPSA) is 57.6 Å². The van der Waals surface area contributed by atoms with Crippen LogP contribution in [0, 0.1) is 0 Å². The molecule has 0 aliphatic carbocycles. The van der Waals surface area contributed by atoms with Gasteiger partial charge in [0.05, 0.1) is 6.42 Å². The number of amides is 1. The Labute approximate surface area is 111 Å². The summed E-state index contributed by atoms with van der Waals surface area (Å²) in [5.41, 5.74) is 0.820. The summed E-state index contributed by atoms with van der Waals surface area (Å²) in [6, 6.07) is 6.81. The van der Waals surface area contributed by atoms with Gasteiger partial charge in [0, 0.05) is 11.1 Å². The summed E-state index contributed by atoms with van der Waals surface area (Å²) in [5, 5.41) is 9.38. The molecule has 1 aromatic rings. The molecule has 1 aromatic carbocycles. The molecule has 0 radical (unpaired) electrons. The molecule has 1 rings (SSSR count). The molecule has 98 valence electrons. The molecule has 4 nitrogen and oxygen atoms in total. The van der Waals surface area contributed by atoms with E-state index in [1.165, 1.54) is 4.90 Å². The van der Waals surface area contributed by atoms with E-state index in [9.17, 15) is 9.59 Å². The summed E-state index contributed by atoms with van der Waals surface area (Å²) in [6.07, 6.45) is 0.183. The summed E-state index contributed by atoms with van der Waals surface area (Å²) < 4.78 is 0. The molecule has 18 heavy (non-hydrogen) atoms. The second kappa shape index (κ2) is 6.40. The summed E-state index contributed by atoms with van der Waals surface area (Å²) in [7, 11) is 0. The van der Waals surface area contributed by atoms with Crippen LogP contribution in [0.3, 0.4) is 0 Å². The maximum absolute atomic E-state index is 12.0. The molecule has 0 heterocycles. The second-order valence-corrected chi connectivity index (χ2v) is 4.75. The quantitative estimate of drug-likeness (QED) is 0.892. The van der Waals surface area contributed by atoms with Crippen molar-refractivity contribution in [1.82, 2.24) is 4.90 Å². The minimum absolute atomic E-state index is 0.138. The average Bonchev–Trinajstić information content (AvgIpc) is 2.28. The van der Waals surface area contributed by atoms with E-state index in [0.717, 1.165) is 5.56 Å². The first-order valence-electron chi connectivity index (χ1n) is 5.66. The van der Waals surface area contributed by atoms with E-state index in [1.54, 1.807) is 38.1 Å². The number of aliphatic carboxylic acids is 1. The van der Waals surface area contributed by atoms with E-state index >= 15 is 0 Å². The van der Waals surface area contributed by atoms with Crippen molar-refractivity contribution in [2.45, 2.75) is 26.3 Å². The van der Waals surface area contributed by atoms with Crippen molar-refractivity contribution in [3.8, 4) is 0 Å². The van der Waals surface area contributed by atoms with Crippen LogP contribution < -0.4 is 0 Å². The van der Waals surface area contributed by atoms with Crippen molar-refractivity contribution < 1.29 is 14.7 Å². The van der Waals surface area contributed by atoms with Gasteiger partial charge < -0.3 is 10.0 Å². The lowest BCUT2D eigenvalue weighted by Gasteiger charge is -2.24. The standard InChI is InChI=1S/C13H16ClNO3/c1-9(2)15(8-13(17)18)12(16)7-10-3-5-11(14)6-4-10/h3-6,9H,7-8H2,1-2H3,(H,17,18). The fourth-order valence-corrected chi connectivity index (χ4v) is 1.71. The molecule has 0 bridgehead atoms. The van der Waals surface area contributed by atoms with Gasteiger partial charge in [-0.25, -0.2) is 0 Å². The molecule has 0 spiro atoms. The molecule has 1 N–H and O–H groups in total. The van der Waals surface area contributed by atoms with Crippen molar-refractivity contribution in [2.75, 3.05) is 6.54 Å². The Morgan fingerprint density at radius 3 is 2.28 bits per heavy atom. The van der Waals surface area contributed by atoms with Crippen LogP contribution in [0.4, 0.5) is 0 Å². The number of carbonyl (C=O) groups excluding carboxylic acids is 1. The lowest BCUT2D eigenvalue weighted by Crippen LogP contribution is -2.41. The monoisotopic (exact) mass is 269 g/mol. The zero-order valence-corrected chi connectivity index (χ0v) is 11.1. The fraction of sp³-hybridized carbons (Fsp3) is 0.385. The molecule has 0 aliphatic rings. The molecule has 5 heteroatoms. The Kier molecular flexibility index (Phi) is 5.16. The van der Waals surface area contributed by atoms with Crippen LogP contribution in [0.5, 0.6) is 0 Å². The molecule has 0 atom stereocenters. The molecule has 0 aliphatic heterocycles. The number of carboxylic acid groups (broad SMARTS) is 1. The van der Waals surface area contributed by atoms with Crippen LogP contribution >= 0.6 is 11.6 Å². The van der Waals surface area contributed by atoms with Crippen LogP contribution in [-0.2, 0) is 16.0 Å². The minimum atomic E-state index is -1.01. The molecular weight excluding hydrogens is 254 g/mol. The third-order valence-electron chi connectivity index (χ3n) is 2.52. The van der Waals surface area contributed by atoms with Crippen molar-refractivity contribution in [1.29, 1.82) is 0 Å². The van der Waals surface area contributed by atoms with Gasteiger partial charge in [-0.15, -0.1) is 0 Å². The van der Waals surface area contributed by atoms with E-state index < -0.39 is 5.97 Å². The number of rotatable bonds is 5. The first-order chi connectivity index (χ1) is 8.40. The third-order valence-corrected chi connectivity index (χ3v) is 2.77. The Morgan fingerprint density at radius 2 is 1.83 bits per heavy atom. The highest BCUT2D eigenvalue weighted by Crippen LogP contribution is 2.11. The maximum atomic E-state index is 12.0. The SMILES string of the molecule is CC(C)N(CC(=O)O)C(=O)Cc1ccc(Cl)cc1. The lowest BCUT2D eigenvalue weighted by atomic mass is 10.1. The molecule has 0 fully saturated rings. The van der Waals surface area contributed by atoms with Gasteiger partial charge in [-0.2, -0.15) is 0 Å². The van der Waals surface area contributed by atoms with Crippen LogP contribution in [-0.4, -0.2) is 34.5 Å². The Bertz CT molecular complexity index is 428. The van der Waals surface area contributed by atoms with E-state index in [2.05, 4.69) is 0 Å². The molecule has 0 saturated carbocycles. The Hall–Kier alpha value is -1.55. The summed E-state index contributed by atoms with van der Waals surface area (Å²) in [5.74, 6) is -1.21. The van der Waals surface area contributed by atoms with Crippen molar-refractivity contribution in [2.24, 2.45) is 0 Å². The number of hydrogen-bond donors (Lipinski definition) is 1. The first-order valence-corrected chi connectivity index (χ1v) is 6.03. The van der Waals surface area contributed by atoms with E-state index in [0.29, 0.717) is 5.02 Å². The Morgan fingerprint density at radius 1 is 1.28 bits per heavy atom. The van der Waals surface area contributed by atoms with Gasteiger partial charge in [0.2, 0.25) is 5.91 Å². The van der Waals surface area contributed by atoms with E-state index in [1.807, 2.05) is 0 Å². The van der Waals surface area contributed by atoms with Crippen molar-refractivity contribution in [3.63, 3.8) is 0 Å². The van der Waals surface area contributed by atoms with E-state index in [-0.39, 0.29) is 24.9 Å². The van der Waals surface area contributed by atoms with Crippen LogP contribution in [0.25, 0.3) is 0 Å². The van der Waals surface area contributed by atoms with Crippen molar-refractivity contribution >= 4 is 23.5 Å². The largest absolute Gasteiger partial charge is 0.480 e. The maximum Gasteiger partial charge on any atom is 0.323 e. The third kappa shape index (κ3) is 4.37. The molecule has 0 aromatic heterocycles. The summed E-state index contributed by atoms with van der Waals surface area (Å²) in [6.45, 7) is 3.31. The van der Waals surface area contributed by atoms with Crippen LogP contribution in [0.2, 0.25) is 5.02 Å². The number of carboxylic acids is 1. The van der Waals surface area contributed by atoms with Crippen LogP contribution in [0.15, 0.2) is 24.3 Å². The number of nitrogens with zero attached hydrogens (tertiary/aromatic N) is 1. The predicted octanol–water partition coefficient (Wildman–Crippen LogP) is 2.20. The smallest absolute Gasteiger partial charge is 0.323 e. The highest BCUT2D eigenvalue weighted by molar-refractivity contribution is 6.30.